The van der Waals surface area contributed by atoms with Gasteiger partial charge in [0.2, 0.25) is 4.87 Å². The van der Waals surface area contributed by atoms with Crippen molar-refractivity contribution in [2.45, 2.75) is 22.8 Å². The van der Waals surface area contributed by atoms with Crippen molar-refractivity contribution in [1.82, 2.24) is 20.1 Å². The minimum Gasteiger partial charge on any atom is -0.497 e. The number of carbonyl (C=O) groups excluding carboxylic acids is 1. The van der Waals surface area contributed by atoms with Crippen LogP contribution in [0.4, 0.5) is 18.0 Å². The Bertz CT molecular complexity index is 1110. The van der Waals surface area contributed by atoms with Crippen LogP contribution in [0.15, 0.2) is 53.7 Å². The Balaban J connectivity index is 1.63. The van der Waals surface area contributed by atoms with Crippen molar-refractivity contribution in [3.8, 4) is 11.5 Å². The van der Waals surface area contributed by atoms with Gasteiger partial charge in [0, 0.05) is 5.02 Å². The van der Waals surface area contributed by atoms with Gasteiger partial charge in [0.15, 0.2) is 11.0 Å². The molecule has 0 fully saturated rings. The van der Waals surface area contributed by atoms with Gasteiger partial charge in [-0.25, -0.2) is 9.78 Å². The maximum absolute atomic E-state index is 14.2. The summed E-state index contributed by atoms with van der Waals surface area (Å²) in [4.78, 5) is 13.9. The summed E-state index contributed by atoms with van der Waals surface area (Å²) in [6.07, 6.45) is -4.82. The Morgan fingerprint density at radius 3 is 2.39 bits per heavy atom. The number of ether oxygens (including phenoxy) is 2. The number of aromatic nitrogens is 3. The monoisotopic (exact) mass is 470 g/mol. The van der Waals surface area contributed by atoms with E-state index in [4.69, 9.17) is 21.1 Å². The van der Waals surface area contributed by atoms with Crippen LogP contribution in [0, 0.1) is 0 Å². The van der Waals surface area contributed by atoms with E-state index in [2.05, 4.69) is 10.1 Å². The zero-order valence-corrected chi connectivity index (χ0v) is 17.4. The van der Waals surface area contributed by atoms with Gasteiger partial charge >= 0.3 is 12.2 Å². The molecular formula is C19H14ClF3N4O3S. The largest absolute Gasteiger partial charge is 0.497 e. The van der Waals surface area contributed by atoms with Crippen LogP contribution >= 0.6 is 23.4 Å². The molecule has 0 aliphatic carbocycles. The van der Waals surface area contributed by atoms with E-state index in [1.165, 1.54) is 31.4 Å². The molecule has 4 rings (SSSR count). The molecule has 162 valence electrons. The van der Waals surface area contributed by atoms with E-state index < -0.39 is 17.1 Å². The average molecular weight is 471 g/mol. The number of methoxy groups -OCH3 is 1. The van der Waals surface area contributed by atoms with Gasteiger partial charge in [-0.1, -0.05) is 23.7 Å². The Labute approximate surface area is 183 Å². The van der Waals surface area contributed by atoms with Crippen LogP contribution in [-0.2, 0) is 11.5 Å². The lowest BCUT2D eigenvalue weighted by Crippen LogP contribution is -2.57. The average Bonchev–Trinajstić information content (AvgIpc) is 3.16. The highest BCUT2D eigenvalue weighted by Crippen LogP contribution is 2.51. The van der Waals surface area contributed by atoms with Crippen LogP contribution in [0.2, 0.25) is 5.02 Å². The second-order valence-electron chi connectivity index (χ2n) is 6.40. The predicted octanol–water partition coefficient (Wildman–Crippen LogP) is 4.60. The number of rotatable bonds is 5. The van der Waals surface area contributed by atoms with Gasteiger partial charge < -0.3 is 14.8 Å². The van der Waals surface area contributed by atoms with Gasteiger partial charge in [0.1, 0.15) is 18.1 Å². The van der Waals surface area contributed by atoms with E-state index in [1.54, 1.807) is 24.3 Å². The van der Waals surface area contributed by atoms with Gasteiger partial charge in [-0.15, -0.1) is 5.10 Å². The highest BCUT2D eigenvalue weighted by atomic mass is 35.5. The molecule has 0 radical (unpaired) electrons. The zero-order valence-electron chi connectivity index (χ0n) is 15.8. The molecule has 3 aromatic rings. The third kappa shape index (κ3) is 4.02. The summed E-state index contributed by atoms with van der Waals surface area (Å²) >= 11 is 6.16. The summed E-state index contributed by atoms with van der Waals surface area (Å²) in [6, 6.07) is 10.7. The second kappa shape index (κ2) is 7.97. The van der Waals surface area contributed by atoms with Crippen molar-refractivity contribution < 1.29 is 27.4 Å². The number of nitrogens with one attached hydrogen (secondary N) is 1. The van der Waals surface area contributed by atoms with Crippen molar-refractivity contribution in [1.29, 1.82) is 0 Å². The van der Waals surface area contributed by atoms with E-state index in [-0.39, 0.29) is 23.2 Å². The van der Waals surface area contributed by atoms with Crippen LogP contribution in [0.5, 0.6) is 11.5 Å². The molecule has 12 heteroatoms. The van der Waals surface area contributed by atoms with Crippen molar-refractivity contribution in [2.24, 2.45) is 0 Å². The molecule has 0 saturated carbocycles. The predicted molar refractivity (Wildman–Crippen MR) is 106 cm³/mol. The molecular weight excluding hydrogens is 457 g/mol. The Kier molecular flexibility index (Phi) is 5.48. The molecule has 2 heterocycles. The fourth-order valence-corrected chi connectivity index (χ4v) is 4.16. The summed E-state index contributed by atoms with van der Waals surface area (Å²) in [5.74, 6) is 0.912. The van der Waals surface area contributed by atoms with Crippen LogP contribution in [0.3, 0.4) is 0 Å². The molecule has 1 unspecified atom stereocenters. The normalized spacial score (nSPS) is 18.3. The SMILES string of the molecule is COc1ccc(C2(C(F)(F)F)NC(=O)n3nc(COc4ccc(Cl)cc4)nc3S2)cc1. The van der Waals surface area contributed by atoms with Gasteiger partial charge in [-0.2, -0.15) is 17.9 Å². The smallest absolute Gasteiger partial charge is 0.425 e. The zero-order chi connectivity index (χ0) is 22.2. The van der Waals surface area contributed by atoms with Crippen molar-refractivity contribution in [3.63, 3.8) is 0 Å². The maximum atomic E-state index is 14.2. The maximum Gasteiger partial charge on any atom is 0.425 e. The first-order chi connectivity index (χ1) is 14.7. The molecule has 0 spiro atoms. The molecule has 31 heavy (non-hydrogen) atoms. The van der Waals surface area contributed by atoms with E-state index in [1.807, 2.05) is 5.32 Å². The molecule has 1 atom stereocenters. The molecule has 0 saturated heterocycles. The topological polar surface area (TPSA) is 78.3 Å². The Morgan fingerprint density at radius 1 is 1.13 bits per heavy atom. The standard InChI is InChI=1S/C19H14ClF3N4O3S/c1-29-13-6-2-11(3-7-13)18(19(21,22)23)25-16(28)27-17(31-18)24-15(26-27)10-30-14-8-4-12(20)5-9-14/h2-9H,10H2,1H3,(H,25,28). The van der Waals surface area contributed by atoms with Crippen LogP contribution in [-0.4, -0.2) is 34.1 Å². The number of hydrogen-bond donors (Lipinski definition) is 1. The highest BCUT2D eigenvalue weighted by Gasteiger charge is 2.61. The van der Waals surface area contributed by atoms with E-state index >= 15 is 0 Å². The van der Waals surface area contributed by atoms with Crippen LogP contribution in [0.1, 0.15) is 11.4 Å². The molecule has 7 nitrogen and oxygen atoms in total. The number of nitrogens with zero attached hydrogens (tertiary/aromatic N) is 3. The fraction of sp³-hybridized carbons (Fsp3) is 0.211. The summed E-state index contributed by atoms with van der Waals surface area (Å²) < 4.78 is 53.9. The number of fused-ring (bicyclic) bond motifs is 1. The number of alkyl halides is 3. The van der Waals surface area contributed by atoms with Gasteiger partial charge in [0.05, 0.1) is 7.11 Å². The molecule has 2 aromatic carbocycles. The van der Waals surface area contributed by atoms with E-state index in [9.17, 15) is 18.0 Å². The number of halogens is 4. The van der Waals surface area contributed by atoms with Crippen LogP contribution < -0.4 is 14.8 Å². The number of carbonyl (C=O) groups is 1. The lowest BCUT2D eigenvalue weighted by molar-refractivity contribution is -0.168. The summed E-state index contributed by atoms with van der Waals surface area (Å²) in [6.45, 7) is -0.142. The summed E-state index contributed by atoms with van der Waals surface area (Å²) in [5.41, 5.74) is -0.174. The quantitative estimate of drug-likeness (QED) is 0.587. The highest BCUT2D eigenvalue weighted by molar-refractivity contribution is 8.00. The first kappa shape index (κ1) is 21.3. The third-order valence-corrected chi connectivity index (χ3v) is 5.99. The van der Waals surface area contributed by atoms with E-state index in [0.717, 1.165) is 4.68 Å². The van der Waals surface area contributed by atoms with Crippen molar-refractivity contribution in [2.75, 3.05) is 7.11 Å². The van der Waals surface area contributed by atoms with Crippen molar-refractivity contribution >= 4 is 29.4 Å². The first-order valence-electron chi connectivity index (χ1n) is 8.79. The van der Waals surface area contributed by atoms with Crippen LogP contribution in [0.25, 0.3) is 0 Å². The van der Waals surface area contributed by atoms with Crippen molar-refractivity contribution in [3.05, 3.63) is 64.9 Å². The molecule has 1 aliphatic rings. The summed E-state index contributed by atoms with van der Waals surface area (Å²) in [5, 5.41) is 6.33. The number of thioether (sulfide) groups is 1. The van der Waals surface area contributed by atoms with Gasteiger partial charge in [0.25, 0.3) is 0 Å². The third-order valence-electron chi connectivity index (χ3n) is 4.42. The number of amides is 1. The van der Waals surface area contributed by atoms with Gasteiger partial charge in [-0.05, 0) is 53.7 Å². The number of hydrogen-bond acceptors (Lipinski definition) is 6. The van der Waals surface area contributed by atoms with Gasteiger partial charge in [-0.3, -0.25) is 0 Å². The Hall–Kier alpha value is -2.92. The number of benzene rings is 2. The molecule has 1 N–H and O–H groups in total. The molecule has 1 aliphatic heterocycles. The lowest BCUT2D eigenvalue weighted by atomic mass is 10.1. The summed E-state index contributed by atoms with van der Waals surface area (Å²) in [7, 11) is 1.40. The fourth-order valence-electron chi connectivity index (χ4n) is 2.89. The minimum absolute atomic E-state index is 0.0558. The first-order valence-corrected chi connectivity index (χ1v) is 9.98. The molecule has 1 amide bonds. The van der Waals surface area contributed by atoms with E-state index in [0.29, 0.717) is 28.3 Å². The Morgan fingerprint density at radius 2 is 1.77 bits per heavy atom. The second-order valence-corrected chi connectivity index (χ2v) is 8.02. The lowest BCUT2D eigenvalue weighted by Gasteiger charge is -2.37. The molecule has 0 bridgehead atoms. The minimum atomic E-state index is -4.82. The molecule has 1 aromatic heterocycles.